The van der Waals surface area contributed by atoms with Gasteiger partial charge in [-0.15, -0.1) is 24.0 Å². The molecule has 1 heterocycles. The van der Waals surface area contributed by atoms with Crippen LogP contribution in [0.15, 0.2) is 23.2 Å². The molecule has 1 saturated heterocycles. The van der Waals surface area contributed by atoms with Crippen LogP contribution in [0.5, 0.6) is 11.5 Å². The second-order valence-electron chi connectivity index (χ2n) is 6.57. The third-order valence-electron chi connectivity index (χ3n) is 4.68. The number of benzene rings is 1. The molecule has 1 atom stereocenters. The highest BCUT2D eigenvalue weighted by atomic mass is 127. The molecule has 1 aliphatic heterocycles. The Morgan fingerprint density at radius 2 is 1.93 bits per heavy atom. The van der Waals surface area contributed by atoms with Gasteiger partial charge in [-0.05, 0) is 33.0 Å². The third kappa shape index (κ3) is 7.34. The summed E-state index contributed by atoms with van der Waals surface area (Å²) in [7, 11) is 5.60. The van der Waals surface area contributed by atoms with Gasteiger partial charge in [-0.2, -0.15) is 0 Å². The maximum Gasteiger partial charge on any atom is 0.195 e. The molecule has 1 aliphatic rings. The number of guanidine groups is 1. The summed E-state index contributed by atoms with van der Waals surface area (Å²) in [5.41, 5.74) is 0.908. The highest BCUT2D eigenvalue weighted by Crippen LogP contribution is 2.30. The fourth-order valence-corrected chi connectivity index (χ4v) is 2.97. The van der Waals surface area contributed by atoms with Crippen LogP contribution in [0.4, 0.5) is 5.69 Å². The van der Waals surface area contributed by atoms with Crippen LogP contribution in [0.2, 0.25) is 0 Å². The summed E-state index contributed by atoms with van der Waals surface area (Å²) >= 11 is 0. The number of methoxy groups -OCH3 is 1. The van der Waals surface area contributed by atoms with Gasteiger partial charge in [0.05, 0.1) is 13.7 Å². The van der Waals surface area contributed by atoms with Crippen molar-refractivity contribution in [3.63, 3.8) is 0 Å². The quantitative estimate of drug-likeness (QED) is 0.347. The number of aliphatic imine (C=N–C) groups is 1. The zero-order valence-electron chi connectivity index (χ0n) is 17.1. The minimum Gasteiger partial charge on any atom is -0.493 e. The van der Waals surface area contributed by atoms with Crippen molar-refractivity contribution in [2.75, 3.05) is 65.9 Å². The monoisotopic (exact) mass is 491 g/mol. The van der Waals surface area contributed by atoms with Crippen molar-refractivity contribution in [2.45, 2.75) is 19.9 Å². The van der Waals surface area contributed by atoms with Crippen LogP contribution in [0, 0.1) is 0 Å². The number of likely N-dealkylation sites (N-methyl/N-ethyl adjacent to an activating group) is 1. The number of halogens is 1. The Balaban J connectivity index is 0.00000364. The topological polar surface area (TPSA) is 61.4 Å². The summed E-state index contributed by atoms with van der Waals surface area (Å²) in [6.45, 7) is 10.1. The van der Waals surface area contributed by atoms with Gasteiger partial charge < -0.3 is 25.0 Å². The lowest BCUT2D eigenvalue weighted by Gasteiger charge is -2.36. The van der Waals surface area contributed by atoms with Crippen molar-refractivity contribution >= 4 is 35.6 Å². The molecule has 1 unspecified atom stereocenters. The van der Waals surface area contributed by atoms with Gasteiger partial charge in [0.15, 0.2) is 17.5 Å². The average molecular weight is 491 g/mol. The summed E-state index contributed by atoms with van der Waals surface area (Å²) in [5, 5.41) is 6.73. The Kier molecular flexibility index (Phi) is 10.8. The number of nitrogens with one attached hydrogen (secondary N) is 2. The minimum absolute atomic E-state index is 0. The molecule has 2 rings (SSSR count). The van der Waals surface area contributed by atoms with Gasteiger partial charge >= 0.3 is 0 Å². The average Bonchev–Trinajstić information content (AvgIpc) is 2.66. The smallest absolute Gasteiger partial charge is 0.195 e. The number of rotatable bonds is 7. The SMILES string of the molecule is CCOc1ccc(NC(=NC)NCC(C)N2CCN(C)CC2)cc1OC.I. The molecule has 0 amide bonds. The molecule has 8 heteroatoms. The first-order valence-electron chi connectivity index (χ1n) is 9.28. The zero-order valence-corrected chi connectivity index (χ0v) is 19.4. The summed E-state index contributed by atoms with van der Waals surface area (Å²) in [5.74, 6) is 2.20. The summed E-state index contributed by atoms with van der Waals surface area (Å²) < 4.78 is 11.0. The van der Waals surface area contributed by atoms with Gasteiger partial charge in [-0.3, -0.25) is 9.89 Å². The minimum atomic E-state index is 0. The van der Waals surface area contributed by atoms with E-state index in [-0.39, 0.29) is 24.0 Å². The van der Waals surface area contributed by atoms with Crippen molar-refractivity contribution in [2.24, 2.45) is 4.99 Å². The Bertz CT molecular complexity index is 591. The Labute approximate surface area is 180 Å². The molecule has 1 aromatic rings. The lowest BCUT2D eigenvalue weighted by atomic mass is 10.2. The highest BCUT2D eigenvalue weighted by Gasteiger charge is 2.19. The molecule has 0 saturated carbocycles. The molecule has 2 N–H and O–H groups in total. The molecule has 0 bridgehead atoms. The first-order valence-corrected chi connectivity index (χ1v) is 9.28. The van der Waals surface area contributed by atoms with Gasteiger partial charge in [0.1, 0.15) is 0 Å². The lowest BCUT2D eigenvalue weighted by Crippen LogP contribution is -2.51. The van der Waals surface area contributed by atoms with E-state index in [2.05, 4.69) is 39.4 Å². The van der Waals surface area contributed by atoms with E-state index >= 15 is 0 Å². The third-order valence-corrected chi connectivity index (χ3v) is 4.68. The largest absolute Gasteiger partial charge is 0.493 e. The molecule has 7 nitrogen and oxygen atoms in total. The van der Waals surface area contributed by atoms with Crippen LogP contribution in [0.1, 0.15) is 13.8 Å². The normalized spacial score (nSPS) is 17.0. The Morgan fingerprint density at radius 1 is 1.22 bits per heavy atom. The number of hydrogen-bond donors (Lipinski definition) is 2. The molecule has 154 valence electrons. The first-order chi connectivity index (χ1) is 12.6. The molecule has 1 aromatic carbocycles. The fraction of sp³-hybridized carbons (Fsp3) is 0.632. The second kappa shape index (κ2) is 12.2. The van der Waals surface area contributed by atoms with Crippen molar-refractivity contribution in [3.05, 3.63) is 18.2 Å². The Hall–Kier alpha value is -1.26. The number of nitrogens with zero attached hydrogens (tertiary/aromatic N) is 3. The van der Waals surface area contributed by atoms with Gasteiger partial charge in [0.25, 0.3) is 0 Å². The number of ether oxygens (including phenoxy) is 2. The molecule has 1 fully saturated rings. The summed E-state index contributed by atoms with van der Waals surface area (Å²) in [6, 6.07) is 6.24. The van der Waals surface area contributed by atoms with Gasteiger partial charge in [0, 0.05) is 57.6 Å². The van der Waals surface area contributed by atoms with E-state index < -0.39 is 0 Å². The van der Waals surface area contributed by atoms with Gasteiger partial charge in [-0.1, -0.05) is 0 Å². The molecule has 0 spiro atoms. The van der Waals surface area contributed by atoms with Gasteiger partial charge in [0.2, 0.25) is 0 Å². The van der Waals surface area contributed by atoms with Crippen LogP contribution >= 0.6 is 24.0 Å². The van der Waals surface area contributed by atoms with Crippen LogP contribution in [-0.2, 0) is 0 Å². The van der Waals surface area contributed by atoms with Crippen LogP contribution in [0.25, 0.3) is 0 Å². The first kappa shape index (κ1) is 23.8. The van der Waals surface area contributed by atoms with Crippen LogP contribution in [0.3, 0.4) is 0 Å². The zero-order chi connectivity index (χ0) is 18.9. The van der Waals surface area contributed by atoms with Crippen molar-refractivity contribution in [3.8, 4) is 11.5 Å². The van der Waals surface area contributed by atoms with Crippen molar-refractivity contribution in [1.82, 2.24) is 15.1 Å². The predicted octanol–water partition coefficient (Wildman–Crippen LogP) is 2.34. The second-order valence-corrected chi connectivity index (χ2v) is 6.57. The van der Waals surface area contributed by atoms with Crippen LogP contribution < -0.4 is 20.1 Å². The van der Waals surface area contributed by atoms with E-state index in [0.717, 1.165) is 50.1 Å². The van der Waals surface area contributed by atoms with Crippen LogP contribution in [-0.4, -0.2) is 82.3 Å². The van der Waals surface area contributed by atoms with Crippen molar-refractivity contribution < 1.29 is 9.47 Å². The van der Waals surface area contributed by atoms with E-state index in [1.807, 2.05) is 25.1 Å². The molecule has 27 heavy (non-hydrogen) atoms. The molecular formula is C19H34IN5O2. The molecule has 0 aromatic heterocycles. The Morgan fingerprint density at radius 3 is 2.52 bits per heavy atom. The predicted molar refractivity (Wildman–Crippen MR) is 123 cm³/mol. The van der Waals surface area contributed by atoms with E-state index in [0.29, 0.717) is 18.4 Å². The van der Waals surface area contributed by atoms with E-state index in [4.69, 9.17) is 9.47 Å². The summed E-state index contributed by atoms with van der Waals surface area (Å²) in [4.78, 5) is 9.21. The maximum atomic E-state index is 5.56. The fourth-order valence-electron chi connectivity index (χ4n) is 2.97. The highest BCUT2D eigenvalue weighted by molar-refractivity contribution is 14.0. The van der Waals surface area contributed by atoms with Gasteiger partial charge in [-0.25, -0.2) is 0 Å². The lowest BCUT2D eigenvalue weighted by molar-refractivity contribution is 0.120. The van der Waals surface area contributed by atoms with E-state index in [1.54, 1.807) is 14.2 Å². The number of hydrogen-bond acceptors (Lipinski definition) is 5. The number of anilines is 1. The molecular weight excluding hydrogens is 457 g/mol. The molecule has 0 aliphatic carbocycles. The van der Waals surface area contributed by atoms with E-state index in [1.165, 1.54) is 0 Å². The standard InChI is InChI=1S/C19H33N5O2.HI/c1-6-26-17-8-7-16(13-18(17)25-5)22-19(20-3)21-14-15(2)24-11-9-23(4)10-12-24;/h7-8,13,15H,6,9-12,14H2,1-5H3,(H2,20,21,22);1H. The van der Waals surface area contributed by atoms with E-state index in [9.17, 15) is 0 Å². The van der Waals surface area contributed by atoms with Crippen molar-refractivity contribution in [1.29, 1.82) is 0 Å². The molecule has 0 radical (unpaired) electrons. The summed E-state index contributed by atoms with van der Waals surface area (Å²) in [6.07, 6.45) is 0. The maximum absolute atomic E-state index is 5.56. The number of piperazine rings is 1.